The molecule has 1 rings (SSSR count). The number of carbonyl (C=O) groups excluding carboxylic acids is 3. The molecule has 0 radical (unpaired) electrons. The van der Waals surface area contributed by atoms with Crippen LogP contribution in [0.15, 0.2) is 29.3 Å². The lowest BCUT2D eigenvalue weighted by atomic mass is 9.97. The average molecular weight is 554 g/mol. The van der Waals surface area contributed by atoms with Crippen molar-refractivity contribution < 1.29 is 29.4 Å². The number of hydrogen-bond donors (Lipinski definition) is 9. The van der Waals surface area contributed by atoms with E-state index >= 15 is 0 Å². The van der Waals surface area contributed by atoms with E-state index in [4.69, 9.17) is 17.2 Å². The Balaban J connectivity index is 2.86. The van der Waals surface area contributed by atoms with Gasteiger partial charge in [0.25, 0.3) is 0 Å². The summed E-state index contributed by atoms with van der Waals surface area (Å²) in [5.74, 6) is -3.62. The highest BCUT2D eigenvalue weighted by Gasteiger charge is 2.32. The zero-order valence-electron chi connectivity index (χ0n) is 21.6. The van der Waals surface area contributed by atoms with Crippen molar-refractivity contribution >= 4 is 42.3 Å². The number of carboxylic acid groups (broad SMARTS) is 1. The molecule has 1 aromatic carbocycles. The van der Waals surface area contributed by atoms with E-state index in [2.05, 4.69) is 33.6 Å². The van der Waals surface area contributed by atoms with Crippen LogP contribution < -0.4 is 33.2 Å². The lowest BCUT2D eigenvalue weighted by Crippen LogP contribution is -2.59. The first-order chi connectivity index (χ1) is 17.9. The minimum absolute atomic E-state index is 0.0288. The van der Waals surface area contributed by atoms with Crippen LogP contribution in [0.2, 0.25) is 0 Å². The fraction of sp³-hybridized carbons (Fsp3) is 0.542. The van der Waals surface area contributed by atoms with E-state index in [0.29, 0.717) is 24.9 Å². The molecule has 3 amide bonds. The number of thiol groups is 1. The number of hydrogen-bond acceptors (Lipinski definition) is 8. The smallest absolute Gasteiger partial charge is 0.326 e. The summed E-state index contributed by atoms with van der Waals surface area (Å²) in [6, 6.07) is 1.61. The van der Waals surface area contributed by atoms with Crippen LogP contribution in [-0.2, 0) is 25.6 Å². The molecule has 0 bridgehead atoms. The molecule has 5 atom stereocenters. The summed E-state index contributed by atoms with van der Waals surface area (Å²) in [5, 5.41) is 26.7. The SMILES string of the molecule is CCC(C)C(NC(=O)C(CS)NC(=O)C(N)CCCN=C(N)N)C(=O)NC(Cc1ccc(O)cc1)C(=O)O. The lowest BCUT2D eigenvalue weighted by Gasteiger charge is -2.27. The Bertz CT molecular complexity index is 972. The number of amides is 3. The minimum Gasteiger partial charge on any atom is -0.508 e. The number of carboxylic acids is 1. The molecule has 0 aliphatic heterocycles. The van der Waals surface area contributed by atoms with Crippen LogP contribution in [0.1, 0.15) is 38.7 Å². The van der Waals surface area contributed by atoms with Crippen LogP contribution in [-0.4, -0.2) is 76.3 Å². The second-order valence-corrected chi connectivity index (χ2v) is 9.31. The molecule has 11 N–H and O–H groups in total. The number of carbonyl (C=O) groups is 4. The predicted molar refractivity (Wildman–Crippen MR) is 146 cm³/mol. The van der Waals surface area contributed by atoms with Gasteiger partial charge in [0.15, 0.2) is 5.96 Å². The number of nitrogens with two attached hydrogens (primary N) is 3. The quantitative estimate of drug-likeness (QED) is 0.0518. The molecule has 14 heteroatoms. The number of phenolic OH excluding ortho intramolecular Hbond substituents is 1. The highest BCUT2D eigenvalue weighted by atomic mass is 32.1. The van der Waals surface area contributed by atoms with Crippen molar-refractivity contribution in [1.82, 2.24) is 16.0 Å². The average Bonchev–Trinajstić information content (AvgIpc) is 2.87. The monoisotopic (exact) mass is 553 g/mol. The summed E-state index contributed by atoms with van der Waals surface area (Å²) in [5.41, 5.74) is 17.0. The maximum Gasteiger partial charge on any atom is 0.326 e. The third-order valence-corrected chi connectivity index (χ3v) is 6.27. The molecule has 0 fully saturated rings. The topological polar surface area (TPSA) is 235 Å². The summed E-state index contributed by atoms with van der Waals surface area (Å²) in [4.78, 5) is 54.2. The first-order valence-corrected chi connectivity index (χ1v) is 12.9. The van der Waals surface area contributed by atoms with Crippen molar-refractivity contribution in [1.29, 1.82) is 0 Å². The molecule has 212 valence electrons. The second-order valence-electron chi connectivity index (χ2n) is 8.94. The molecule has 1 aromatic rings. The molecule has 0 saturated carbocycles. The Kier molecular flexibility index (Phi) is 14.0. The van der Waals surface area contributed by atoms with E-state index in [1.807, 2.05) is 6.92 Å². The Morgan fingerprint density at radius 3 is 2.13 bits per heavy atom. The molecule has 5 unspecified atom stereocenters. The maximum absolute atomic E-state index is 13.1. The van der Waals surface area contributed by atoms with Gasteiger partial charge in [0.1, 0.15) is 23.9 Å². The first-order valence-electron chi connectivity index (χ1n) is 12.2. The number of nitrogens with one attached hydrogen (secondary N) is 3. The number of aliphatic imine (C=N–C) groups is 1. The number of benzene rings is 1. The molecule has 0 saturated heterocycles. The first kappa shape index (κ1) is 32.5. The van der Waals surface area contributed by atoms with Gasteiger partial charge >= 0.3 is 5.97 Å². The number of rotatable bonds is 16. The summed E-state index contributed by atoms with van der Waals surface area (Å²) >= 11 is 4.14. The molecule has 38 heavy (non-hydrogen) atoms. The van der Waals surface area contributed by atoms with Gasteiger partial charge in [-0.15, -0.1) is 0 Å². The largest absolute Gasteiger partial charge is 0.508 e. The Labute approximate surface area is 227 Å². The van der Waals surface area contributed by atoms with Crippen molar-refractivity contribution in [2.45, 2.75) is 63.7 Å². The van der Waals surface area contributed by atoms with E-state index in [9.17, 15) is 29.4 Å². The number of phenols is 1. The highest BCUT2D eigenvalue weighted by molar-refractivity contribution is 7.80. The fourth-order valence-electron chi connectivity index (χ4n) is 3.41. The number of aromatic hydroxyl groups is 1. The second kappa shape index (κ2) is 16.3. The van der Waals surface area contributed by atoms with Gasteiger partial charge in [0.05, 0.1) is 6.04 Å². The maximum atomic E-state index is 13.1. The molecular formula is C24H39N7O6S. The van der Waals surface area contributed by atoms with Gasteiger partial charge in [0.2, 0.25) is 17.7 Å². The summed E-state index contributed by atoms with van der Waals surface area (Å²) in [6.07, 6.45) is 1.21. The van der Waals surface area contributed by atoms with Crippen molar-refractivity contribution in [2.75, 3.05) is 12.3 Å². The Morgan fingerprint density at radius 1 is 1.00 bits per heavy atom. The van der Waals surface area contributed by atoms with E-state index < -0.39 is 47.9 Å². The zero-order chi connectivity index (χ0) is 28.8. The third kappa shape index (κ3) is 11.3. The van der Waals surface area contributed by atoms with E-state index in [1.165, 1.54) is 12.1 Å². The predicted octanol–water partition coefficient (Wildman–Crippen LogP) is -1.17. The van der Waals surface area contributed by atoms with E-state index in [1.54, 1.807) is 19.1 Å². The van der Waals surface area contributed by atoms with Gasteiger partial charge in [-0.2, -0.15) is 12.6 Å². The van der Waals surface area contributed by atoms with Gasteiger partial charge in [-0.1, -0.05) is 32.4 Å². The molecular weight excluding hydrogens is 514 g/mol. The van der Waals surface area contributed by atoms with Gasteiger partial charge in [-0.25, -0.2) is 4.79 Å². The van der Waals surface area contributed by atoms with Crippen LogP contribution in [0, 0.1) is 5.92 Å². The molecule has 0 aromatic heterocycles. The summed E-state index contributed by atoms with van der Waals surface area (Å²) in [6.45, 7) is 3.86. The number of guanidine groups is 1. The van der Waals surface area contributed by atoms with E-state index in [0.717, 1.165) is 0 Å². The van der Waals surface area contributed by atoms with Crippen LogP contribution in [0.25, 0.3) is 0 Å². The van der Waals surface area contributed by atoms with Crippen LogP contribution >= 0.6 is 12.6 Å². The molecule has 0 aliphatic carbocycles. The minimum atomic E-state index is -1.27. The summed E-state index contributed by atoms with van der Waals surface area (Å²) < 4.78 is 0. The highest BCUT2D eigenvalue weighted by Crippen LogP contribution is 2.13. The van der Waals surface area contributed by atoms with Crippen molar-refractivity contribution in [2.24, 2.45) is 28.1 Å². The fourth-order valence-corrected chi connectivity index (χ4v) is 3.67. The molecule has 0 heterocycles. The number of nitrogens with zero attached hydrogens (tertiary/aromatic N) is 1. The molecule has 13 nitrogen and oxygen atoms in total. The zero-order valence-corrected chi connectivity index (χ0v) is 22.5. The van der Waals surface area contributed by atoms with Crippen LogP contribution in [0.4, 0.5) is 0 Å². The van der Waals surface area contributed by atoms with Crippen molar-refractivity contribution in [3.63, 3.8) is 0 Å². The van der Waals surface area contributed by atoms with Crippen LogP contribution in [0.5, 0.6) is 5.75 Å². The standard InChI is InChI=1S/C24H39N7O6S/c1-3-13(2)19(22(35)29-17(23(36)37)11-14-6-8-15(32)9-7-14)31-21(34)18(12-38)30-20(33)16(25)5-4-10-28-24(26)27/h6-9,13,16-19,32,38H,3-5,10-12,25H2,1-2H3,(H,29,35)(H,30,33)(H,31,34)(H,36,37)(H4,26,27,28). The van der Waals surface area contributed by atoms with Gasteiger partial charge in [-0.3, -0.25) is 19.4 Å². The Morgan fingerprint density at radius 2 is 1.61 bits per heavy atom. The lowest BCUT2D eigenvalue weighted by molar-refractivity contribution is -0.142. The van der Waals surface area contributed by atoms with Crippen molar-refractivity contribution in [3.8, 4) is 5.75 Å². The summed E-state index contributed by atoms with van der Waals surface area (Å²) in [7, 11) is 0. The van der Waals surface area contributed by atoms with E-state index in [-0.39, 0.29) is 36.2 Å². The van der Waals surface area contributed by atoms with Gasteiger partial charge in [-0.05, 0) is 36.5 Å². The molecule has 0 aliphatic rings. The van der Waals surface area contributed by atoms with Gasteiger partial charge in [0, 0.05) is 18.7 Å². The number of aliphatic carboxylic acids is 1. The third-order valence-electron chi connectivity index (χ3n) is 5.90. The Hall–Kier alpha value is -3.52. The van der Waals surface area contributed by atoms with Crippen LogP contribution in [0.3, 0.4) is 0 Å². The molecule has 0 spiro atoms. The normalized spacial score (nSPS) is 14.7. The van der Waals surface area contributed by atoms with Crippen molar-refractivity contribution in [3.05, 3.63) is 29.8 Å². The van der Waals surface area contributed by atoms with Gasteiger partial charge < -0.3 is 43.4 Å².